The number of hydrogen-bond donors (Lipinski definition) is 3. The third-order valence-electron chi connectivity index (χ3n) is 3.86. The maximum Gasteiger partial charge on any atom is 0.171 e. The Balaban J connectivity index is 1.74. The van der Waals surface area contributed by atoms with Crippen LogP contribution in [0.15, 0.2) is 30.3 Å². The van der Waals surface area contributed by atoms with Crippen molar-refractivity contribution in [2.24, 2.45) is 0 Å². The highest BCUT2D eigenvalue weighted by Gasteiger charge is 2.12. The minimum Gasteiger partial charge on any atom is -0.389 e. The van der Waals surface area contributed by atoms with Gasteiger partial charge >= 0.3 is 0 Å². The molecule has 1 aliphatic heterocycles. The van der Waals surface area contributed by atoms with E-state index in [1.54, 1.807) is 4.90 Å². The van der Waals surface area contributed by atoms with Gasteiger partial charge in [0.2, 0.25) is 0 Å². The Morgan fingerprint density at radius 1 is 1.15 bits per heavy atom. The molecule has 0 radical (unpaired) electrons. The molecule has 2 rings (SSSR count). The zero-order valence-electron chi connectivity index (χ0n) is 12.1. The lowest BCUT2D eigenvalue weighted by atomic mass is 10.1. The van der Waals surface area contributed by atoms with E-state index in [4.69, 9.17) is 0 Å². The first-order valence-electron chi connectivity index (χ1n) is 7.68. The highest BCUT2D eigenvalue weighted by molar-refractivity contribution is 5.13. The summed E-state index contributed by atoms with van der Waals surface area (Å²) in [7, 11) is 0. The molecule has 0 spiro atoms. The summed E-state index contributed by atoms with van der Waals surface area (Å²) in [6.45, 7) is 4.43. The second-order valence-electron chi connectivity index (χ2n) is 5.52. The average Bonchev–Trinajstić information content (AvgIpc) is 2.52. The van der Waals surface area contributed by atoms with Crippen molar-refractivity contribution in [1.82, 2.24) is 0 Å². The molecule has 0 bridgehead atoms. The van der Waals surface area contributed by atoms with Crippen molar-refractivity contribution in [3.05, 3.63) is 35.9 Å². The van der Waals surface area contributed by atoms with Crippen LogP contribution < -0.4 is 10.2 Å². The maximum atomic E-state index is 9.40. The Morgan fingerprint density at radius 2 is 1.90 bits per heavy atom. The van der Waals surface area contributed by atoms with Crippen molar-refractivity contribution in [3.8, 4) is 11.8 Å². The number of nitrogens with one attached hydrogen (secondary N) is 1. The van der Waals surface area contributed by atoms with Crippen molar-refractivity contribution in [2.75, 3.05) is 26.2 Å². The number of aliphatic hydroxyl groups excluding tert-OH is 1. The van der Waals surface area contributed by atoms with Crippen LogP contribution in [0, 0.1) is 11.8 Å². The van der Waals surface area contributed by atoms with E-state index in [2.05, 4.69) is 29.3 Å². The number of hydrogen-bond acceptors (Lipinski definition) is 1. The molecule has 0 unspecified atom stereocenters. The summed E-state index contributed by atoms with van der Waals surface area (Å²) in [5, 5.41) is 11.5. The van der Waals surface area contributed by atoms with Gasteiger partial charge in [-0.05, 0) is 31.1 Å². The Morgan fingerprint density at radius 3 is 2.60 bits per heavy atom. The fourth-order valence-corrected chi connectivity index (χ4v) is 2.61. The van der Waals surface area contributed by atoms with Crippen molar-refractivity contribution < 1.29 is 15.3 Å². The number of aliphatic hydroxyl groups is 1. The van der Waals surface area contributed by atoms with Crippen LogP contribution in [0.25, 0.3) is 0 Å². The second-order valence-corrected chi connectivity index (χ2v) is 5.52. The standard InChI is InChI=1S/C17H24N2O/c20-15-17(18-14-16-8-3-1-4-9-16)10-7-13-19-11-5-2-6-12-19/h1,3-4,8-9,17-18,20H,2,5-6,11-15H2/p+2/t17-/m0/s1. The average molecular weight is 274 g/mol. The molecule has 1 fully saturated rings. The minimum absolute atomic E-state index is 0.000559. The zero-order chi connectivity index (χ0) is 14.0. The van der Waals surface area contributed by atoms with E-state index >= 15 is 0 Å². The number of rotatable bonds is 5. The van der Waals surface area contributed by atoms with Gasteiger partial charge in [0.1, 0.15) is 19.7 Å². The zero-order valence-corrected chi connectivity index (χ0v) is 12.1. The van der Waals surface area contributed by atoms with E-state index in [0.29, 0.717) is 0 Å². The van der Waals surface area contributed by atoms with Gasteiger partial charge in [0.25, 0.3) is 0 Å². The van der Waals surface area contributed by atoms with Crippen LogP contribution in [0.5, 0.6) is 0 Å². The normalized spacial score (nSPS) is 17.2. The Kier molecular flexibility index (Phi) is 6.59. The number of piperidine rings is 1. The lowest BCUT2D eigenvalue weighted by Crippen LogP contribution is -3.12. The molecule has 4 N–H and O–H groups in total. The molecule has 1 aromatic carbocycles. The van der Waals surface area contributed by atoms with Gasteiger partial charge in [-0.1, -0.05) is 30.3 Å². The molecule has 0 aliphatic carbocycles. The SMILES string of the molecule is OC[C@H](C#CC[NH+]1CCCCC1)[NH2+]Cc1ccccc1. The number of likely N-dealkylation sites (tertiary alicyclic amines) is 1. The summed E-state index contributed by atoms with van der Waals surface area (Å²) in [5.41, 5.74) is 1.27. The summed E-state index contributed by atoms with van der Waals surface area (Å²) in [5.74, 6) is 6.47. The van der Waals surface area contributed by atoms with Crippen LogP contribution in [0.4, 0.5) is 0 Å². The highest BCUT2D eigenvalue weighted by atomic mass is 16.3. The quantitative estimate of drug-likeness (QED) is 0.604. The summed E-state index contributed by atoms with van der Waals surface area (Å²) in [6.07, 6.45) is 4.04. The minimum atomic E-state index is -0.000559. The molecule has 1 heterocycles. The molecular formula is C17H26N2O+2. The molecule has 20 heavy (non-hydrogen) atoms. The van der Waals surface area contributed by atoms with Crippen molar-refractivity contribution in [3.63, 3.8) is 0 Å². The van der Waals surface area contributed by atoms with E-state index in [1.165, 1.54) is 37.9 Å². The molecule has 3 nitrogen and oxygen atoms in total. The molecular weight excluding hydrogens is 248 g/mol. The summed E-state index contributed by atoms with van der Waals surface area (Å²) in [4.78, 5) is 1.60. The first kappa shape index (κ1) is 15.1. The molecule has 0 amide bonds. The molecule has 0 saturated carbocycles. The Hall–Kier alpha value is -1.34. The van der Waals surface area contributed by atoms with Gasteiger partial charge in [0.15, 0.2) is 6.04 Å². The van der Waals surface area contributed by atoms with Crippen LogP contribution in [0.3, 0.4) is 0 Å². The molecule has 1 aliphatic rings. The van der Waals surface area contributed by atoms with Crippen molar-refractivity contribution in [2.45, 2.75) is 31.8 Å². The first-order chi connectivity index (χ1) is 9.88. The highest BCUT2D eigenvalue weighted by Crippen LogP contribution is 1.95. The smallest absolute Gasteiger partial charge is 0.171 e. The monoisotopic (exact) mass is 274 g/mol. The number of benzene rings is 1. The van der Waals surface area contributed by atoms with Crippen molar-refractivity contribution >= 4 is 0 Å². The fourth-order valence-electron chi connectivity index (χ4n) is 2.61. The van der Waals surface area contributed by atoms with Gasteiger partial charge in [-0.15, -0.1) is 0 Å². The molecule has 3 heteroatoms. The van der Waals surface area contributed by atoms with Gasteiger partial charge in [0.05, 0.1) is 13.1 Å². The van der Waals surface area contributed by atoms with Crippen LogP contribution in [-0.4, -0.2) is 37.4 Å². The van der Waals surface area contributed by atoms with Gasteiger partial charge in [-0.3, -0.25) is 0 Å². The maximum absolute atomic E-state index is 9.40. The molecule has 1 saturated heterocycles. The van der Waals surface area contributed by atoms with Crippen molar-refractivity contribution in [1.29, 1.82) is 0 Å². The third kappa shape index (κ3) is 5.34. The summed E-state index contributed by atoms with van der Waals surface area (Å²) in [6, 6.07) is 10.3. The molecule has 0 aromatic heterocycles. The molecule has 108 valence electrons. The predicted molar refractivity (Wildman–Crippen MR) is 80.1 cm³/mol. The van der Waals surface area contributed by atoms with E-state index in [0.717, 1.165) is 13.1 Å². The van der Waals surface area contributed by atoms with Crippen LogP contribution in [0.1, 0.15) is 24.8 Å². The van der Waals surface area contributed by atoms with Crippen LogP contribution >= 0.6 is 0 Å². The van der Waals surface area contributed by atoms with Gasteiger partial charge in [0, 0.05) is 5.56 Å². The van der Waals surface area contributed by atoms with E-state index in [-0.39, 0.29) is 12.6 Å². The van der Waals surface area contributed by atoms with Crippen LogP contribution in [0.2, 0.25) is 0 Å². The third-order valence-corrected chi connectivity index (χ3v) is 3.86. The first-order valence-corrected chi connectivity index (χ1v) is 7.68. The Bertz CT molecular complexity index is 429. The Labute approximate surface area is 122 Å². The fraction of sp³-hybridized carbons (Fsp3) is 0.529. The molecule has 1 atom stereocenters. The topological polar surface area (TPSA) is 41.3 Å². The summed E-state index contributed by atoms with van der Waals surface area (Å²) < 4.78 is 0. The van der Waals surface area contributed by atoms with E-state index < -0.39 is 0 Å². The second kappa shape index (κ2) is 8.76. The largest absolute Gasteiger partial charge is 0.389 e. The van der Waals surface area contributed by atoms with Crippen LogP contribution in [-0.2, 0) is 6.54 Å². The summed E-state index contributed by atoms with van der Waals surface area (Å²) >= 11 is 0. The lowest BCUT2D eigenvalue weighted by molar-refractivity contribution is -0.897. The number of nitrogens with two attached hydrogens (primary N) is 1. The van der Waals surface area contributed by atoms with Gasteiger partial charge in [-0.2, -0.15) is 0 Å². The van der Waals surface area contributed by atoms with E-state index in [9.17, 15) is 5.11 Å². The van der Waals surface area contributed by atoms with Gasteiger partial charge in [-0.25, -0.2) is 0 Å². The van der Waals surface area contributed by atoms with E-state index in [1.807, 2.05) is 18.2 Å². The molecule has 1 aromatic rings. The number of quaternary nitrogens is 2. The predicted octanol–water partition coefficient (Wildman–Crippen LogP) is -0.817. The van der Waals surface area contributed by atoms with Gasteiger partial charge < -0.3 is 15.3 Å². The lowest BCUT2D eigenvalue weighted by Gasteiger charge is -2.21.